The molecule has 3 aromatic rings. The Morgan fingerprint density at radius 3 is 2.79 bits per heavy atom. The molecule has 0 aliphatic rings. The van der Waals surface area contributed by atoms with Crippen molar-refractivity contribution in [1.29, 1.82) is 0 Å². The van der Waals surface area contributed by atoms with Gasteiger partial charge in [-0.2, -0.15) is 0 Å². The van der Waals surface area contributed by atoms with Crippen LogP contribution in [0.2, 0.25) is 0 Å². The number of aromatic nitrogens is 1. The van der Waals surface area contributed by atoms with Crippen molar-refractivity contribution in [3.05, 3.63) is 70.1 Å². The van der Waals surface area contributed by atoms with Gasteiger partial charge < -0.3 is 5.32 Å². The Labute approximate surface area is 157 Å². The van der Waals surface area contributed by atoms with Gasteiger partial charge in [0, 0.05) is 26.9 Å². The minimum absolute atomic E-state index is 0.00800. The molecule has 3 nitrogen and oxygen atoms in total. The standard InChI is InChI=1S/C18H15BrN2OS2/c19-14-6-4-5-13(9-14)18-21-16(11-24-18)10-23-12-17(22)20-15-7-2-1-3-8-15/h1-9,11H,10,12H2,(H,20,22). The Morgan fingerprint density at radius 2 is 2.00 bits per heavy atom. The average molecular weight is 419 g/mol. The maximum absolute atomic E-state index is 11.9. The van der Waals surface area contributed by atoms with Gasteiger partial charge in [0.1, 0.15) is 5.01 Å². The lowest BCUT2D eigenvalue weighted by Gasteiger charge is -2.04. The van der Waals surface area contributed by atoms with Crippen LogP contribution in [0.4, 0.5) is 5.69 Å². The molecule has 24 heavy (non-hydrogen) atoms. The Morgan fingerprint density at radius 1 is 1.17 bits per heavy atom. The van der Waals surface area contributed by atoms with Gasteiger partial charge in [-0.1, -0.05) is 46.3 Å². The van der Waals surface area contributed by atoms with Crippen LogP contribution in [0.25, 0.3) is 10.6 Å². The van der Waals surface area contributed by atoms with E-state index in [4.69, 9.17) is 0 Å². The van der Waals surface area contributed by atoms with Crippen molar-refractivity contribution in [2.45, 2.75) is 5.75 Å². The van der Waals surface area contributed by atoms with Gasteiger partial charge in [-0.05, 0) is 24.3 Å². The van der Waals surface area contributed by atoms with E-state index in [0.717, 1.165) is 32.2 Å². The van der Waals surface area contributed by atoms with Crippen LogP contribution >= 0.6 is 39.0 Å². The van der Waals surface area contributed by atoms with Crippen LogP contribution in [0.3, 0.4) is 0 Å². The zero-order chi connectivity index (χ0) is 16.8. The molecule has 6 heteroatoms. The van der Waals surface area contributed by atoms with Crippen LogP contribution in [0.5, 0.6) is 0 Å². The number of anilines is 1. The molecule has 2 aromatic carbocycles. The first-order valence-electron chi connectivity index (χ1n) is 7.34. The lowest BCUT2D eigenvalue weighted by molar-refractivity contribution is -0.113. The maximum Gasteiger partial charge on any atom is 0.234 e. The van der Waals surface area contributed by atoms with Crippen molar-refractivity contribution in [3.8, 4) is 10.6 Å². The lowest BCUT2D eigenvalue weighted by Crippen LogP contribution is -2.13. The maximum atomic E-state index is 11.9. The monoisotopic (exact) mass is 418 g/mol. The highest BCUT2D eigenvalue weighted by Gasteiger charge is 2.07. The SMILES string of the molecule is O=C(CSCc1csc(-c2cccc(Br)c2)n1)Nc1ccccc1. The number of benzene rings is 2. The molecular weight excluding hydrogens is 404 g/mol. The molecule has 1 aromatic heterocycles. The zero-order valence-electron chi connectivity index (χ0n) is 12.7. The largest absolute Gasteiger partial charge is 0.325 e. The molecule has 0 saturated carbocycles. The summed E-state index contributed by atoms with van der Waals surface area (Å²) in [5.41, 5.74) is 2.94. The van der Waals surface area contributed by atoms with E-state index in [0.29, 0.717) is 5.75 Å². The second kappa shape index (κ2) is 8.46. The molecule has 0 radical (unpaired) electrons. The summed E-state index contributed by atoms with van der Waals surface area (Å²) in [4.78, 5) is 16.6. The highest BCUT2D eigenvalue weighted by atomic mass is 79.9. The van der Waals surface area contributed by atoms with Crippen molar-refractivity contribution in [1.82, 2.24) is 4.98 Å². The van der Waals surface area contributed by atoms with Crippen LogP contribution in [0, 0.1) is 0 Å². The third kappa shape index (κ3) is 4.93. The average Bonchev–Trinajstić information content (AvgIpc) is 3.05. The van der Waals surface area contributed by atoms with E-state index in [1.807, 2.05) is 48.5 Å². The predicted molar refractivity (Wildman–Crippen MR) is 106 cm³/mol. The smallest absolute Gasteiger partial charge is 0.234 e. The molecule has 0 atom stereocenters. The predicted octanol–water partition coefficient (Wildman–Crippen LogP) is 5.44. The third-order valence-corrected chi connectivity index (χ3v) is 5.56. The summed E-state index contributed by atoms with van der Waals surface area (Å²) in [5, 5.41) is 5.94. The van der Waals surface area contributed by atoms with Gasteiger partial charge in [0.05, 0.1) is 11.4 Å². The van der Waals surface area contributed by atoms with Gasteiger partial charge >= 0.3 is 0 Å². The van der Waals surface area contributed by atoms with Gasteiger partial charge in [0.25, 0.3) is 0 Å². The molecule has 0 fully saturated rings. The van der Waals surface area contributed by atoms with Crippen LogP contribution in [0.15, 0.2) is 64.5 Å². The summed E-state index contributed by atoms with van der Waals surface area (Å²) < 4.78 is 1.05. The van der Waals surface area contributed by atoms with Gasteiger partial charge in [0.2, 0.25) is 5.91 Å². The van der Waals surface area contributed by atoms with Gasteiger partial charge in [-0.15, -0.1) is 23.1 Å². The van der Waals surface area contributed by atoms with E-state index < -0.39 is 0 Å². The molecule has 0 bridgehead atoms. The van der Waals surface area contributed by atoms with Gasteiger partial charge in [-0.25, -0.2) is 4.98 Å². The Bertz CT molecular complexity index is 821. The number of thiazole rings is 1. The van der Waals surface area contributed by atoms with Crippen molar-refractivity contribution in [3.63, 3.8) is 0 Å². The zero-order valence-corrected chi connectivity index (χ0v) is 16.0. The number of rotatable bonds is 6. The van der Waals surface area contributed by atoms with Crippen LogP contribution < -0.4 is 5.32 Å². The molecular formula is C18H15BrN2OS2. The Hall–Kier alpha value is -1.63. The molecule has 1 heterocycles. The summed E-state index contributed by atoms with van der Waals surface area (Å²) in [6, 6.07) is 17.6. The molecule has 0 aliphatic carbocycles. The van der Waals surface area contributed by atoms with Gasteiger partial charge in [-0.3, -0.25) is 4.79 Å². The molecule has 0 unspecified atom stereocenters. The van der Waals surface area contributed by atoms with E-state index in [-0.39, 0.29) is 5.91 Å². The van der Waals surface area contributed by atoms with Crippen molar-refractivity contribution in [2.75, 3.05) is 11.1 Å². The number of carbonyl (C=O) groups excluding carboxylic acids is 1. The van der Waals surface area contributed by atoms with Crippen LogP contribution in [-0.4, -0.2) is 16.6 Å². The van der Waals surface area contributed by atoms with Crippen LogP contribution in [0.1, 0.15) is 5.69 Å². The highest BCUT2D eigenvalue weighted by molar-refractivity contribution is 9.10. The molecule has 3 rings (SSSR count). The lowest BCUT2D eigenvalue weighted by atomic mass is 10.2. The van der Waals surface area contributed by atoms with E-state index in [2.05, 4.69) is 37.7 Å². The normalized spacial score (nSPS) is 10.5. The van der Waals surface area contributed by atoms with Crippen molar-refractivity contribution < 1.29 is 4.79 Å². The molecule has 0 spiro atoms. The molecule has 0 saturated heterocycles. The van der Waals surface area contributed by atoms with Crippen molar-refractivity contribution in [2.24, 2.45) is 0 Å². The van der Waals surface area contributed by atoms with E-state index in [1.54, 1.807) is 23.1 Å². The highest BCUT2D eigenvalue weighted by Crippen LogP contribution is 2.27. The summed E-state index contributed by atoms with van der Waals surface area (Å²) in [6.45, 7) is 0. The molecule has 0 aliphatic heterocycles. The molecule has 1 amide bonds. The molecule has 122 valence electrons. The van der Waals surface area contributed by atoms with E-state index >= 15 is 0 Å². The van der Waals surface area contributed by atoms with Crippen LogP contribution in [-0.2, 0) is 10.5 Å². The summed E-state index contributed by atoms with van der Waals surface area (Å²) >= 11 is 6.67. The fourth-order valence-corrected chi connectivity index (χ4v) is 4.13. The number of nitrogens with one attached hydrogen (secondary N) is 1. The number of carbonyl (C=O) groups is 1. The number of nitrogens with zero attached hydrogens (tertiary/aromatic N) is 1. The first-order valence-corrected chi connectivity index (χ1v) is 10.2. The van der Waals surface area contributed by atoms with E-state index in [1.165, 1.54) is 0 Å². The minimum Gasteiger partial charge on any atom is -0.325 e. The van der Waals surface area contributed by atoms with Crippen molar-refractivity contribution >= 4 is 50.6 Å². The number of amides is 1. The summed E-state index contributed by atoms with van der Waals surface area (Å²) in [6.07, 6.45) is 0. The second-order valence-electron chi connectivity index (χ2n) is 5.06. The number of thioether (sulfide) groups is 1. The molecule has 1 N–H and O–H groups in total. The second-order valence-corrected chi connectivity index (χ2v) is 7.82. The number of halogens is 1. The quantitative estimate of drug-likeness (QED) is 0.578. The Kier molecular flexibility index (Phi) is 6.07. The fourth-order valence-electron chi connectivity index (χ4n) is 2.09. The minimum atomic E-state index is 0.00800. The van der Waals surface area contributed by atoms with E-state index in [9.17, 15) is 4.79 Å². The first-order chi connectivity index (χ1) is 11.7. The fraction of sp³-hybridized carbons (Fsp3) is 0.111. The third-order valence-electron chi connectivity index (χ3n) is 3.16. The number of hydrogen-bond donors (Lipinski definition) is 1. The Balaban J connectivity index is 1.50. The van der Waals surface area contributed by atoms with Gasteiger partial charge in [0.15, 0.2) is 0 Å². The first kappa shape index (κ1) is 17.2. The number of hydrogen-bond acceptors (Lipinski definition) is 4. The summed E-state index contributed by atoms with van der Waals surface area (Å²) in [7, 11) is 0. The summed E-state index contributed by atoms with van der Waals surface area (Å²) in [5.74, 6) is 1.15. The number of para-hydroxylation sites is 1. The topological polar surface area (TPSA) is 42.0 Å².